The third kappa shape index (κ3) is 5.10. The van der Waals surface area contributed by atoms with Crippen molar-refractivity contribution in [3.05, 3.63) is 58.0 Å². The average molecular weight is 515 g/mol. The molecule has 0 aromatic carbocycles. The van der Waals surface area contributed by atoms with Gasteiger partial charge < -0.3 is 16.0 Å². The van der Waals surface area contributed by atoms with Gasteiger partial charge in [0.25, 0.3) is 5.91 Å². The van der Waals surface area contributed by atoms with Crippen molar-refractivity contribution in [3.63, 3.8) is 0 Å². The Balaban J connectivity index is 1.46. The monoisotopic (exact) mass is 514 g/mol. The van der Waals surface area contributed by atoms with Crippen molar-refractivity contribution in [2.45, 2.75) is 26.3 Å². The van der Waals surface area contributed by atoms with Crippen LogP contribution in [-0.2, 0) is 11.2 Å². The van der Waals surface area contributed by atoms with Crippen molar-refractivity contribution < 1.29 is 14.1 Å². The summed E-state index contributed by atoms with van der Waals surface area (Å²) in [6, 6.07) is 6.29. The van der Waals surface area contributed by atoms with Crippen LogP contribution in [0.5, 0.6) is 0 Å². The number of carbonyl (C=O) groups excluding carboxylic acids is 2. The molecule has 2 amide bonds. The van der Waals surface area contributed by atoms with Crippen molar-refractivity contribution >= 4 is 46.7 Å². The molecule has 0 radical (unpaired) electrons. The van der Waals surface area contributed by atoms with E-state index in [1.165, 1.54) is 29.2 Å². The molecule has 0 fully saturated rings. The molecule has 13 heteroatoms. The van der Waals surface area contributed by atoms with Gasteiger partial charge in [-0.25, -0.2) is 4.68 Å². The van der Waals surface area contributed by atoms with Gasteiger partial charge in [-0.1, -0.05) is 28.4 Å². The third-order valence-corrected chi connectivity index (χ3v) is 5.44. The quantitative estimate of drug-likeness (QED) is 0.334. The lowest BCUT2D eigenvalue weighted by atomic mass is 10.1. The van der Waals surface area contributed by atoms with Gasteiger partial charge in [0.15, 0.2) is 0 Å². The van der Waals surface area contributed by atoms with E-state index in [9.17, 15) is 9.59 Å². The van der Waals surface area contributed by atoms with E-state index in [0.717, 1.165) is 0 Å². The van der Waals surface area contributed by atoms with Crippen molar-refractivity contribution in [1.82, 2.24) is 24.9 Å². The van der Waals surface area contributed by atoms with Crippen LogP contribution in [0.2, 0.25) is 10.0 Å². The standard InChI is InChI=1S/C22H20Cl2N8O3/c1-10(2)32-21(25)18(22(26)34)19(30-32)11-3-4-13(27-8-11)6-16(33)29-17-7-15(31-35-17)20-14(24)5-12(23)9-28-20/h3-5,7-10H,6,25H2,1-2H3,(H2,26,34)(H,29,33). The molecule has 5 N–H and O–H groups in total. The Labute approximate surface area is 209 Å². The maximum absolute atomic E-state index is 12.5. The van der Waals surface area contributed by atoms with Crippen LogP contribution in [0.25, 0.3) is 22.6 Å². The molecule has 0 unspecified atom stereocenters. The zero-order chi connectivity index (χ0) is 25.3. The molecule has 0 spiro atoms. The minimum Gasteiger partial charge on any atom is -0.383 e. The van der Waals surface area contributed by atoms with Crippen molar-refractivity contribution in [1.29, 1.82) is 0 Å². The third-order valence-electron chi connectivity index (χ3n) is 4.95. The van der Waals surface area contributed by atoms with E-state index in [2.05, 4.69) is 25.5 Å². The fraction of sp³-hybridized carbons (Fsp3) is 0.182. The number of halogens is 2. The van der Waals surface area contributed by atoms with Crippen LogP contribution in [0, 0.1) is 0 Å². The molecule has 0 saturated heterocycles. The van der Waals surface area contributed by atoms with Crippen LogP contribution in [0.4, 0.5) is 11.7 Å². The Morgan fingerprint density at radius 1 is 1.14 bits per heavy atom. The van der Waals surface area contributed by atoms with E-state index in [0.29, 0.717) is 38.4 Å². The number of nitrogens with two attached hydrogens (primary N) is 2. The largest absolute Gasteiger partial charge is 0.383 e. The number of amides is 2. The lowest BCUT2D eigenvalue weighted by Crippen LogP contribution is -2.15. The van der Waals surface area contributed by atoms with Crippen LogP contribution in [0.15, 0.2) is 41.2 Å². The Morgan fingerprint density at radius 3 is 2.54 bits per heavy atom. The lowest BCUT2D eigenvalue weighted by Gasteiger charge is -2.06. The van der Waals surface area contributed by atoms with Gasteiger partial charge in [-0.15, -0.1) is 0 Å². The van der Waals surface area contributed by atoms with Crippen LogP contribution >= 0.6 is 23.2 Å². The molecule has 0 bridgehead atoms. The summed E-state index contributed by atoms with van der Waals surface area (Å²) in [7, 11) is 0. The summed E-state index contributed by atoms with van der Waals surface area (Å²) in [4.78, 5) is 32.8. The molecule has 0 atom stereocenters. The van der Waals surface area contributed by atoms with Gasteiger partial charge in [0.2, 0.25) is 11.8 Å². The first-order valence-electron chi connectivity index (χ1n) is 10.3. The smallest absolute Gasteiger partial charge is 0.254 e. The Bertz CT molecular complexity index is 1410. The average Bonchev–Trinajstić information content (AvgIpc) is 3.38. The van der Waals surface area contributed by atoms with Gasteiger partial charge in [0, 0.05) is 35.8 Å². The summed E-state index contributed by atoms with van der Waals surface area (Å²) in [6.07, 6.45) is 2.89. The summed E-state index contributed by atoms with van der Waals surface area (Å²) in [6.45, 7) is 3.77. The fourth-order valence-corrected chi connectivity index (χ4v) is 3.83. The summed E-state index contributed by atoms with van der Waals surface area (Å²) >= 11 is 12.0. The molecule has 0 aliphatic heterocycles. The maximum Gasteiger partial charge on any atom is 0.254 e. The molecular weight excluding hydrogens is 495 g/mol. The number of hydrogen-bond acceptors (Lipinski definition) is 8. The molecule has 0 aliphatic carbocycles. The van der Waals surface area contributed by atoms with Gasteiger partial charge in [-0.05, 0) is 32.0 Å². The predicted octanol–water partition coefficient (Wildman–Crippen LogP) is 3.75. The van der Waals surface area contributed by atoms with Gasteiger partial charge in [-0.3, -0.25) is 24.9 Å². The Morgan fingerprint density at radius 2 is 1.91 bits per heavy atom. The van der Waals surface area contributed by atoms with E-state index >= 15 is 0 Å². The number of rotatable bonds is 7. The molecule has 11 nitrogen and oxygen atoms in total. The number of nitrogens with zero attached hydrogens (tertiary/aromatic N) is 5. The molecule has 180 valence electrons. The zero-order valence-corrected chi connectivity index (χ0v) is 20.1. The number of aromatic nitrogens is 5. The number of nitrogen functional groups attached to an aromatic ring is 1. The number of anilines is 2. The van der Waals surface area contributed by atoms with Gasteiger partial charge in [0.1, 0.15) is 28.5 Å². The van der Waals surface area contributed by atoms with Crippen molar-refractivity contribution in [3.8, 4) is 22.6 Å². The van der Waals surface area contributed by atoms with Crippen molar-refractivity contribution in [2.75, 3.05) is 11.1 Å². The van der Waals surface area contributed by atoms with Crippen LogP contribution in [0.1, 0.15) is 35.9 Å². The van der Waals surface area contributed by atoms with Gasteiger partial charge in [-0.2, -0.15) is 5.10 Å². The predicted molar refractivity (Wildman–Crippen MR) is 131 cm³/mol. The second-order valence-corrected chi connectivity index (χ2v) is 8.68. The zero-order valence-electron chi connectivity index (χ0n) is 18.6. The number of pyridine rings is 2. The maximum atomic E-state index is 12.5. The highest BCUT2D eigenvalue weighted by Crippen LogP contribution is 2.30. The Hall–Kier alpha value is -3.96. The fourth-order valence-electron chi connectivity index (χ4n) is 3.35. The minimum atomic E-state index is -0.686. The van der Waals surface area contributed by atoms with Crippen LogP contribution in [-0.4, -0.2) is 36.7 Å². The summed E-state index contributed by atoms with van der Waals surface area (Å²) in [5.74, 6) is -0.758. The highest BCUT2D eigenvalue weighted by Gasteiger charge is 2.23. The van der Waals surface area contributed by atoms with Gasteiger partial charge >= 0.3 is 0 Å². The normalized spacial score (nSPS) is 11.1. The summed E-state index contributed by atoms with van der Waals surface area (Å²) in [5.41, 5.74) is 13.8. The topological polar surface area (TPSA) is 168 Å². The van der Waals surface area contributed by atoms with E-state index < -0.39 is 5.91 Å². The molecule has 4 aromatic heterocycles. The van der Waals surface area contributed by atoms with Crippen LogP contribution in [0.3, 0.4) is 0 Å². The van der Waals surface area contributed by atoms with Crippen molar-refractivity contribution in [2.24, 2.45) is 5.73 Å². The number of primary amides is 1. The molecule has 4 rings (SSSR count). The number of hydrogen-bond donors (Lipinski definition) is 3. The summed E-state index contributed by atoms with van der Waals surface area (Å²) in [5, 5.41) is 11.6. The lowest BCUT2D eigenvalue weighted by molar-refractivity contribution is -0.115. The van der Waals surface area contributed by atoms with Crippen LogP contribution < -0.4 is 16.8 Å². The number of carbonyl (C=O) groups is 2. The first-order valence-corrected chi connectivity index (χ1v) is 11.1. The highest BCUT2D eigenvalue weighted by molar-refractivity contribution is 6.36. The first-order chi connectivity index (χ1) is 16.6. The highest BCUT2D eigenvalue weighted by atomic mass is 35.5. The van der Waals surface area contributed by atoms with E-state index in [1.807, 2.05) is 13.8 Å². The molecule has 4 aromatic rings. The molecule has 35 heavy (non-hydrogen) atoms. The molecular formula is C22H20Cl2N8O3. The van der Waals surface area contributed by atoms with E-state index in [-0.39, 0.29) is 35.6 Å². The first kappa shape index (κ1) is 24.2. The number of nitrogens with one attached hydrogen (secondary N) is 1. The molecule has 0 aliphatic rings. The van der Waals surface area contributed by atoms with E-state index in [4.69, 9.17) is 39.2 Å². The SMILES string of the molecule is CC(C)n1nc(-c2ccc(CC(=O)Nc3cc(-c4ncc(Cl)cc4Cl)no3)nc2)c(C(N)=O)c1N. The second-order valence-electron chi connectivity index (χ2n) is 7.83. The van der Waals surface area contributed by atoms with E-state index in [1.54, 1.807) is 12.1 Å². The molecule has 0 saturated carbocycles. The molecule has 4 heterocycles. The Kier molecular flexibility index (Phi) is 6.72. The minimum absolute atomic E-state index is 0.0402. The van der Waals surface area contributed by atoms with Gasteiger partial charge in [0.05, 0.1) is 16.5 Å². The summed E-state index contributed by atoms with van der Waals surface area (Å²) < 4.78 is 6.68. The second kappa shape index (κ2) is 9.72.